The third kappa shape index (κ3) is 5.12. The van der Waals surface area contributed by atoms with Gasteiger partial charge >= 0.3 is 0 Å². The molecule has 0 spiro atoms. The Morgan fingerprint density at radius 1 is 0.852 bits per heavy atom. The molecule has 2 heterocycles. The Bertz CT molecular complexity index is 787. The van der Waals surface area contributed by atoms with Crippen molar-refractivity contribution in [3.05, 3.63) is 79.0 Å². The van der Waals surface area contributed by atoms with Crippen molar-refractivity contribution < 1.29 is 4.48 Å². The molecule has 0 saturated heterocycles. The summed E-state index contributed by atoms with van der Waals surface area (Å²) < 4.78 is 0.940. The number of pyridine rings is 1. The van der Waals surface area contributed by atoms with E-state index in [0.717, 1.165) is 16.8 Å². The van der Waals surface area contributed by atoms with Crippen LogP contribution in [0.15, 0.2) is 88.8 Å². The van der Waals surface area contributed by atoms with Crippen LogP contribution in [0.5, 0.6) is 0 Å². The molecule has 3 aromatic rings. The lowest BCUT2D eigenvalue weighted by molar-refractivity contribution is -0.870. The van der Waals surface area contributed by atoms with Crippen LogP contribution in [0.3, 0.4) is 0 Å². The molecule has 0 saturated carbocycles. The molecule has 4 rings (SSSR count). The predicted molar refractivity (Wildman–Crippen MR) is 116 cm³/mol. The van der Waals surface area contributed by atoms with Gasteiger partial charge in [0.05, 0.1) is 44.3 Å². The topological polar surface area (TPSA) is 16.1 Å². The van der Waals surface area contributed by atoms with Crippen molar-refractivity contribution in [2.24, 2.45) is 0 Å². The number of anilines is 2. The van der Waals surface area contributed by atoms with Crippen LogP contribution in [0.25, 0.3) is 0 Å². The number of rotatable bonds is 3. The minimum atomic E-state index is 0.390. The highest BCUT2D eigenvalue weighted by Crippen LogP contribution is 2.47. The standard InChI is InChI=1S/C17H22N3S.C6H6/c1-13(12-20(2,3)4)19-14-8-5-6-9-15(14)21-16-10-7-11-18-17(16)19;1-2-4-6-5-3-1/h5-11,13H,12H2,1-4H3;1-6H/q+1;. The zero-order chi connectivity index (χ0) is 19.3. The first-order valence-corrected chi connectivity index (χ1v) is 10.1. The molecule has 1 atom stereocenters. The van der Waals surface area contributed by atoms with Crippen molar-refractivity contribution in [2.75, 3.05) is 32.6 Å². The smallest absolute Gasteiger partial charge is 0.147 e. The Hall–Kier alpha value is -2.30. The molecule has 1 unspecified atom stereocenters. The second kappa shape index (κ2) is 8.59. The zero-order valence-corrected chi connectivity index (χ0v) is 17.4. The maximum Gasteiger partial charge on any atom is 0.147 e. The van der Waals surface area contributed by atoms with Crippen LogP contribution in [-0.4, -0.2) is 43.2 Å². The van der Waals surface area contributed by atoms with Crippen molar-refractivity contribution in [1.29, 1.82) is 0 Å². The first-order valence-electron chi connectivity index (χ1n) is 9.27. The summed E-state index contributed by atoms with van der Waals surface area (Å²) >= 11 is 1.81. The van der Waals surface area contributed by atoms with E-state index in [-0.39, 0.29) is 0 Å². The molecule has 1 aromatic heterocycles. The van der Waals surface area contributed by atoms with E-state index >= 15 is 0 Å². The van der Waals surface area contributed by atoms with Crippen LogP contribution in [0.4, 0.5) is 11.5 Å². The lowest BCUT2D eigenvalue weighted by Gasteiger charge is -2.38. The lowest BCUT2D eigenvalue weighted by atomic mass is 10.2. The Morgan fingerprint density at radius 3 is 2.07 bits per heavy atom. The maximum absolute atomic E-state index is 4.65. The highest BCUT2D eigenvalue weighted by Gasteiger charge is 2.30. The van der Waals surface area contributed by atoms with Gasteiger partial charge in [0.2, 0.25) is 0 Å². The predicted octanol–water partition coefficient (Wildman–Crippen LogP) is 5.47. The number of para-hydroxylation sites is 1. The maximum atomic E-state index is 4.65. The minimum Gasteiger partial charge on any atom is -0.329 e. The summed E-state index contributed by atoms with van der Waals surface area (Å²) in [6.45, 7) is 3.35. The highest BCUT2D eigenvalue weighted by molar-refractivity contribution is 7.99. The van der Waals surface area contributed by atoms with E-state index in [0.29, 0.717) is 6.04 Å². The van der Waals surface area contributed by atoms with Gasteiger partial charge in [0.25, 0.3) is 0 Å². The van der Waals surface area contributed by atoms with Gasteiger partial charge in [-0.05, 0) is 31.2 Å². The molecule has 4 heteroatoms. The van der Waals surface area contributed by atoms with E-state index in [1.165, 1.54) is 15.5 Å². The number of likely N-dealkylation sites (N-methyl/N-ethyl adjacent to an activating group) is 1. The fourth-order valence-electron chi connectivity index (χ4n) is 3.32. The summed E-state index contributed by atoms with van der Waals surface area (Å²) in [6.07, 6.45) is 1.89. The number of nitrogens with zero attached hydrogens (tertiary/aromatic N) is 3. The fourth-order valence-corrected chi connectivity index (χ4v) is 4.37. The quantitative estimate of drug-likeness (QED) is 0.563. The number of fused-ring (bicyclic) bond motifs is 2. The molecule has 0 N–H and O–H groups in total. The van der Waals surface area contributed by atoms with Gasteiger partial charge in [0.1, 0.15) is 5.82 Å². The van der Waals surface area contributed by atoms with Gasteiger partial charge in [-0.1, -0.05) is 60.3 Å². The number of hydrogen-bond donors (Lipinski definition) is 0. The second-order valence-corrected chi connectivity index (χ2v) is 8.83. The summed E-state index contributed by atoms with van der Waals surface area (Å²) in [6, 6.07) is 25.2. The molecule has 2 aromatic carbocycles. The van der Waals surface area contributed by atoms with Crippen molar-refractivity contribution in [1.82, 2.24) is 4.98 Å². The van der Waals surface area contributed by atoms with Gasteiger partial charge in [0.15, 0.2) is 0 Å². The SMILES string of the molecule is CC(C[N+](C)(C)C)N1c2ccccc2Sc2cccnc21.c1ccccc1. The van der Waals surface area contributed by atoms with Crippen LogP contribution in [0.1, 0.15) is 6.92 Å². The number of hydrogen-bond acceptors (Lipinski definition) is 3. The van der Waals surface area contributed by atoms with Gasteiger partial charge in [-0.3, -0.25) is 0 Å². The van der Waals surface area contributed by atoms with E-state index in [1.54, 1.807) is 0 Å². The third-order valence-corrected chi connectivity index (χ3v) is 5.35. The summed E-state index contributed by atoms with van der Waals surface area (Å²) in [4.78, 5) is 9.59. The average Bonchev–Trinajstić information content (AvgIpc) is 2.66. The largest absolute Gasteiger partial charge is 0.329 e. The summed E-state index contributed by atoms with van der Waals surface area (Å²) in [5.41, 5.74) is 1.27. The summed E-state index contributed by atoms with van der Waals surface area (Å²) in [5, 5.41) is 0. The Kier molecular flexibility index (Phi) is 6.19. The molecular formula is C23H28N3S+. The van der Waals surface area contributed by atoms with Crippen molar-refractivity contribution in [3.8, 4) is 0 Å². The number of benzene rings is 2. The zero-order valence-electron chi connectivity index (χ0n) is 16.5. The van der Waals surface area contributed by atoms with Gasteiger partial charge < -0.3 is 9.38 Å². The number of aromatic nitrogens is 1. The molecule has 0 bridgehead atoms. The molecule has 0 fully saturated rings. The Labute approximate surface area is 167 Å². The van der Waals surface area contributed by atoms with Crippen molar-refractivity contribution in [2.45, 2.75) is 22.8 Å². The van der Waals surface area contributed by atoms with Crippen LogP contribution in [0.2, 0.25) is 0 Å². The fraction of sp³-hybridized carbons (Fsp3) is 0.261. The molecule has 1 aliphatic heterocycles. The molecule has 140 valence electrons. The van der Waals surface area contributed by atoms with E-state index in [9.17, 15) is 0 Å². The highest BCUT2D eigenvalue weighted by atomic mass is 32.2. The molecule has 1 aliphatic rings. The first-order chi connectivity index (χ1) is 13.0. The Morgan fingerprint density at radius 2 is 1.44 bits per heavy atom. The molecule has 0 radical (unpaired) electrons. The van der Waals surface area contributed by atoms with Gasteiger partial charge in [-0.15, -0.1) is 0 Å². The normalized spacial score (nSPS) is 13.7. The lowest BCUT2D eigenvalue weighted by Crippen LogP contribution is -2.47. The molecular weight excluding hydrogens is 350 g/mol. The molecule has 0 amide bonds. The minimum absolute atomic E-state index is 0.390. The first kappa shape index (κ1) is 19.5. The third-order valence-electron chi connectivity index (χ3n) is 4.24. The number of quaternary nitrogens is 1. The summed E-state index contributed by atoms with van der Waals surface area (Å²) in [7, 11) is 6.71. The van der Waals surface area contributed by atoms with E-state index in [2.05, 4.69) is 68.3 Å². The molecule has 0 aliphatic carbocycles. The van der Waals surface area contributed by atoms with Crippen molar-refractivity contribution >= 4 is 23.3 Å². The second-order valence-electron chi connectivity index (χ2n) is 7.74. The van der Waals surface area contributed by atoms with E-state index < -0.39 is 0 Å². The summed E-state index contributed by atoms with van der Waals surface area (Å²) in [5.74, 6) is 1.09. The average molecular weight is 379 g/mol. The van der Waals surface area contributed by atoms with Crippen molar-refractivity contribution in [3.63, 3.8) is 0 Å². The van der Waals surface area contributed by atoms with E-state index in [4.69, 9.17) is 0 Å². The Balaban J connectivity index is 0.000000299. The molecule has 3 nitrogen and oxygen atoms in total. The monoisotopic (exact) mass is 378 g/mol. The van der Waals surface area contributed by atoms with Crippen LogP contribution < -0.4 is 4.90 Å². The van der Waals surface area contributed by atoms with Gasteiger partial charge in [-0.25, -0.2) is 4.98 Å². The van der Waals surface area contributed by atoms with Crippen LogP contribution in [-0.2, 0) is 0 Å². The van der Waals surface area contributed by atoms with Gasteiger partial charge in [-0.2, -0.15) is 0 Å². The van der Waals surface area contributed by atoms with Gasteiger partial charge in [0, 0.05) is 11.1 Å². The van der Waals surface area contributed by atoms with Crippen LogP contribution in [0, 0.1) is 0 Å². The van der Waals surface area contributed by atoms with Crippen LogP contribution >= 0.6 is 11.8 Å². The van der Waals surface area contributed by atoms with E-state index in [1.807, 2.05) is 60.4 Å². The molecule has 27 heavy (non-hydrogen) atoms.